The summed E-state index contributed by atoms with van der Waals surface area (Å²) in [5, 5.41) is 2.89. The molecule has 34 heavy (non-hydrogen) atoms. The summed E-state index contributed by atoms with van der Waals surface area (Å²) in [7, 11) is 1.66. The molecule has 2 heterocycles. The molecule has 1 unspecified atom stereocenters. The number of nitrogens with zero attached hydrogens (tertiary/aromatic N) is 3. The zero-order valence-corrected chi connectivity index (χ0v) is 19.5. The number of hydrogen-bond acceptors (Lipinski definition) is 5. The van der Waals surface area contributed by atoms with Crippen LogP contribution in [-0.4, -0.2) is 78.9 Å². The maximum Gasteiger partial charge on any atom is 0.325 e. The molecule has 0 radical (unpaired) electrons. The maximum atomic E-state index is 13.3. The van der Waals surface area contributed by atoms with Crippen LogP contribution < -0.4 is 10.1 Å². The van der Waals surface area contributed by atoms with Crippen molar-refractivity contribution in [2.45, 2.75) is 24.8 Å². The number of benzene rings is 2. The summed E-state index contributed by atoms with van der Waals surface area (Å²) < 4.78 is 5.20. The van der Waals surface area contributed by atoms with Gasteiger partial charge in [0.25, 0.3) is 5.91 Å². The summed E-state index contributed by atoms with van der Waals surface area (Å²) in [5.74, 6) is 0.361. The number of hydrogen-bond donors (Lipinski definition) is 1. The molecule has 0 saturated carbocycles. The molecule has 8 nitrogen and oxygen atoms in total. The van der Waals surface area contributed by atoms with Crippen LogP contribution in [0.5, 0.6) is 5.75 Å². The van der Waals surface area contributed by atoms with E-state index >= 15 is 0 Å². The summed E-state index contributed by atoms with van der Waals surface area (Å²) >= 11 is 0. The minimum absolute atomic E-state index is 0.179. The molecule has 5 rings (SSSR count). The monoisotopic (exact) mass is 462 g/mol. The zero-order chi connectivity index (χ0) is 23.7. The average molecular weight is 463 g/mol. The fourth-order valence-corrected chi connectivity index (χ4v) is 5.27. The van der Waals surface area contributed by atoms with E-state index in [2.05, 4.69) is 22.3 Å². The largest absolute Gasteiger partial charge is 0.497 e. The first-order chi connectivity index (χ1) is 16.5. The van der Waals surface area contributed by atoms with E-state index in [0.717, 1.165) is 54.3 Å². The number of ether oxygens (including phenoxy) is 1. The van der Waals surface area contributed by atoms with Crippen LogP contribution in [0.3, 0.4) is 0 Å². The van der Waals surface area contributed by atoms with Gasteiger partial charge in [0, 0.05) is 32.7 Å². The number of aryl methyl sites for hydroxylation is 1. The molecule has 2 saturated heterocycles. The summed E-state index contributed by atoms with van der Waals surface area (Å²) in [4.78, 5) is 44.1. The molecule has 4 amide bonds. The second kappa shape index (κ2) is 9.10. The van der Waals surface area contributed by atoms with E-state index in [4.69, 9.17) is 4.74 Å². The van der Waals surface area contributed by atoms with Gasteiger partial charge in [-0.15, -0.1) is 0 Å². The van der Waals surface area contributed by atoms with Crippen molar-refractivity contribution < 1.29 is 19.1 Å². The SMILES string of the molecule is COc1ccc(CCN2CCN(C(=O)CN3C(=O)NC4(CCc5ccccc54)C3=O)CC2)cc1. The molecular formula is C26H30N4O4. The Morgan fingerprint density at radius 2 is 1.76 bits per heavy atom. The van der Waals surface area contributed by atoms with Crippen LogP contribution in [0.15, 0.2) is 48.5 Å². The zero-order valence-electron chi connectivity index (χ0n) is 19.5. The van der Waals surface area contributed by atoms with Crippen molar-refractivity contribution in [2.24, 2.45) is 0 Å². The Labute approximate surface area is 199 Å². The topological polar surface area (TPSA) is 82.2 Å². The van der Waals surface area contributed by atoms with Crippen LogP contribution in [0, 0.1) is 0 Å². The lowest BCUT2D eigenvalue weighted by molar-refractivity contribution is -0.140. The molecule has 2 fully saturated rings. The van der Waals surface area contributed by atoms with Crippen molar-refractivity contribution >= 4 is 17.8 Å². The number of rotatable bonds is 6. The van der Waals surface area contributed by atoms with E-state index in [0.29, 0.717) is 19.5 Å². The Morgan fingerprint density at radius 1 is 1.03 bits per heavy atom. The molecule has 0 bridgehead atoms. The van der Waals surface area contributed by atoms with E-state index in [1.54, 1.807) is 12.0 Å². The molecule has 1 N–H and O–H groups in total. The van der Waals surface area contributed by atoms with E-state index < -0.39 is 11.6 Å². The van der Waals surface area contributed by atoms with Crippen molar-refractivity contribution in [1.29, 1.82) is 0 Å². The Balaban J connectivity index is 1.14. The van der Waals surface area contributed by atoms with Crippen molar-refractivity contribution in [3.05, 3.63) is 65.2 Å². The van der Waals surface area contributed by atoms with Gasteiger partial charge in [-0.1, -0.05) is 36.4 Å². The van der Waals surface area contributed by atoms with Crippen LogP contribution in [0.4, 0.5) is 4.79 Å². The number of piperazine rings is 1. The van der Waals surface area contributed by atoms with Crippen molar-refractivity contribution in [1.82, 2.24) is 20.0 Å². The molecule has 178 valence electrons. The van der Waals surface area contributed by atoms with Crippen molar-refractivity contribution in [2.75, 3.05) is 46.4 Å². The van der Waals surface area contributed by atoms with Crippen LogP contribution in [0.1, 0.15) is 23.1 Å². The molecule has 2 aliphatic heterocycles. The summed E-state index contributed by atoms with van der Waals surface area (Å²) in [6, 6.07) is 15.3. The van der Waals surface area contributed by atoms with Crippen LogP contribution in [-0.2, 0) is 28.0 Å². The van der Waals surface area contributed by atoms with Gasteiger partial charge in [0.15, 0.2) is 0 Å². The second-order valence-electron chi connectivity index (χ2n) is 9.20. The number of fused-ring (bicyclic) bond motifs is 2. The van der Waals surface area contributed by atoms with Gasteiger partial charge in [-0.25, -0.2) is 4.79 Å². The molecule has 0 aromatic heterocycles. The van der Waals surface area contributed by atoms with Gasteiger partial charge in [0.05, 0.1) is 7.11 Å². The highest BCUT2D eigenvalue weighted by atomic mass is 16.5. The Kier molecular flexibility index (Phi) is 6.00. The van der Waals surface area contributed by atoms with Gasteiger partial charge >= 0.3 is 6.03 Å². The summed E-state index contributed by atoms with van der Waals surface area (Å²) in [6.45, 7) is 3.46. The van der Waals surface area contributed by atoms with Gasteiger partial charge in [0.2, 0.25) is 5.91 Å². The molecule has 1 spiro atoms. The lowest BCUT2D eigenvalue weighted by Crippen LogP contribution is -2.52. The number of carbonyl (C=O) groups is 3. The number of urea groups is 1. The highest BCUT2D eigenvalue weighted by molar-refractivity contribution is 6.09. The third-order valence-electron chi connectivity index (χ3n) is 7.32. The number of carbonyl (C=O) groups excluding carboxylic acids is 3. The highest BCUT2D eigenvalue weighted by Gasteiger charge is 2.55. The Bertz CT molecular complexity index is 1090. The normalized spacial score (nSPS) is 22.3. The number of methoxy groups -OCH3 is 1. The fourth-order valence-electron chi connectivity index (χ4n) is 5.27. The first kappa shape index (κ1) is 22.4. The lowest BCUT2D eigenvalue weighted by atomic mass is 9.92. The van der Waals surface area contributed by atoms with E-state index in [1.807, 2.05) is 36.4 Å². The van der Waals surface area contributed by atoms with Gasteiger partial charge in [-0.05, 0) is 48.1 Å². The molecule has 8 heteroatoms. The van der Waals surface area contributed by atoms with E-state index in [1.165, 1.54) is 5.56 Å². The Morgan fingerprint density at radius 3 is 2.50 bits per heavy atom. The van der Waals surface area contributed by atoms with E-state index in [9.17, 15) is 14.4 Å². The first-order valence-corrected chi connectivity index (χ1v) is 11.9. The van der Waals surface area contributed by atoms with Crippen molar-refractivity contribution in [3.63, 3.8) is 0 Å². The molecule has 1 aliphatic carbocycles. The van der Waals surface area contributed by atoms with Gasteiger partial charge in [-0.3, -0.25) is 19.4 Å². The number of nitrogens with one attached hydrogen (secondary N) is 1. The lowest BCUT2D eigenvalue weighted by Gasteiger charge is -2.35. The maximum absolute atomic E-state index is 13.3. The minimum atomic E-state index is -1.02. The minimum Gasteiger partial charge on any atom is -0.497 e. The molecule has 3 aliphatic rings. The molecular weight excluding hydrogens is 432 g/mol. The second-order valence-corrected chi connectivity index (χ2v) is 9.20. The van der Waals surface area contributed by atoms with Crippen molar-refractivity contribution in [3.8, 4) is 5.75 Å². The van der Waals surface area contributed by atoms with Crippen LogP contribution >= 0.6 is 0 Å². The third kappa shape index (κ3) is 4.03. The van der Waals surface area contributed by atoms with Crippen LogP contribution in [0.25, 0.3) is 0 Å². The third-order valence-corrected chi connectivity index (χ3v) is 7.32. The average Bonchev–Trinajstić information content (AvgIpc) is 3.36. The van der Waals surface area contributed by atoms with Crippen LogP contribution in [0.2, 0.25) is 0 Å². The predicted molar refractivity (Wildman–Crippen MR) is 126 cm³/mol. The van der Waals surface area contributed by atoms with Gasteiger partial charge in [-0.2, -0.15) is 0 Å². The number of amides is 4. The quantitative estimate of drug-likeness (QED) is 0.662. The van der Waals surface area contributed by atoms with E-state index in [-0.39, 0.29) is 18.4 Å². The summed E-state index contributed by atoms with van der Waals surface area (Å²) in [6.07, 6.45) is 2.21. The summed E-state index contributed by atoms with van der Waals surface area (Å²) in [5.41, 5.74) is 2.16. The smallest absolute Gasteiger partial charge is 0.325 e. The predicted octanol–water partition coefficient (Wildman–Crippen LogP) is 1.78. The first-order valence-electron chi connectivity index (χ1n) is 11.9. The molecule has 1 atom stereocenters. The number of imide groups is 1. The van der Waals surface area contributed by atoms with Gasteiger partial charge in [0.1, 0.15) is 17.8 Å². The molecule has 2 aromatic carbocycles. The Hall–Kier alpha value is -3.39. The standard InChI is InChI=1S/C26H30N4O4/c1-34-21-8-6-19(7-9-21)11-13-28-14-16-29(17-15-28)23(31)18-30-24(32)26(27-25(30)33)12-10-20-4-2-3-5-22(20)26/h2-9H,10-18H2,1H3,(H,27,33). The fraction of sp³-hybridized carbons (Fsp3) is 0.423. The van der Waals surface area contributed by atoms with Gasteiger partial charge < -0.3 is 15.0 Å². The molecule has 2 aromatic rings. The highest BCUT2D eigenvalue weighted by Crippen LogP contribution is 2.41.